The first-order chi connectivity index (χ1) is 15.9. The van der Waals surface area contributed by atoms with E-state index in [1.807, 2.05) is 59.5 Å². The molecule has 2 aromatic carbocycles. The average Bonchev–Trinajstić information content (AvgIpc) is 3.37. The number of rotatable bonds is 4. The van der Waals surface area contributed by atoms with Crippen LogP contribution in [0.15, 0.2) is 65.3 Å². The fourth-order valence-corrected chi connectivity index (χ4v) is 4.76. The number of amides is 1. The van der Waals surface area contributed by atoms with E-state index in [1.54, 1.807) is 20.5 Å². The molecular weight excluding hydrogens is 416 g/mol. The molecule has 6 heteroatoms. The summed E-state index contributed by atoms with van der Waals surface area (Å²) in [6.45, 7) is 4.75. The Labute approximate surface area is 192 Å². The zero-order chi connectivity index (χ0) is 23.2. The number of fused-ring (bicyclic) bond motifs is 2. The van der Waals surface area contributed by atoms with Crippen LogP contribution in [0.1, 0.15) is 35.3 Å². The maximum atomic E-state index is 14.1. The predicted octanol–water partition coefficient (Wildman–Crippen LogP) is 5.45. The number of furan rings is 1. The van der Waals surface area contributed by atoms with Crippen LogP contribution in [-0.4, -0.2) is 36.6 Å². The first kappa shape index (κ1) is 21.1. The number of para-hydroxylation sites is 1. The molecule has 0 N–H and O–H groups in total. The molecule has 1 aliphatic rings. The van der Waals surface area contributed by atoms with E-state index < -0.39 is 5.54 Å². The molecule has 5 rings (SSSR count). The molecular formula is C27H26N2O4. The molecule has 0 fully saturated rings. The van der Waals surface area contributed by atoms with E-state index in [1.165, 1.54) is 0 Å². The third-order valence-corrected chi connectivity index (χ3v) is 6.51. The van der Waals surface area contributed by atoms with Crippen LogP contribution in [0.2, 0.25) is 0 Å². The first-order valence-electron chi connectivity index (χ1n) is 10.9. The van der Waals surface area contributed by atoms with Crippen molar-refractivity contribution >= 4 is 16.8 Å². The van der Waals surface area contributed by atoms with Gasteiger partial charge in [0.1, 0.15) is 5.69 Å². The quantitative estimate of drug-likeness (QED) is 0.421. The van der Waals surface area contributed by atoms with Gasteiger partial charge < -0.3 is 18.8 Å². The molecule has 0 saturated heterocycles. The van der Waals surface area contributed by atoms with E-state index in [0.29, 0.717) is 35.1 Å². The topological polar surface area (TPSA) is 64.8 Å². The summed E-state index contributed by atoms with van der Waals surface area (Å²) in [7, 11) is 3.27. The van der Waals surface area contributed by atoms with Crippen LogP contribution in [0.25, 0.3) is 22.4 Å². The molecule has 6 nitrogen and oxygen atoms in total. The molecule has 0 aliphatic carbocycles. The van der Waals surface area contributed by atoms with Gasteiger partial charge >= 0.3 is 0 Å². The predicted molar refractivity (Wildman–Crippen MR) is 127 cm³/mol. The largest absolute Gasteiger partial charge is 0.493 e. The van der Waals surface area contributed by atoms with Crippen molar-refractivity contribution in [2.24, 2.45) is 0 Å². The molecule has 0 radical (unpaired) electrons. The highest BCUT2D eigenvalue weighted by Gasteiger charge is 2.39. The molecule has 4 aromatic rings. The van der Waals surface area contributed by atoms with Gasteiger partial charge in [-0.25, -0.2) is 4.98 Å². The number of aromatic nitrogens is 1. The molecule has 0 bridgehead atoms. The SMILES string of the molecule is COc1cc2c(cc1OC)C(C)(C)N(C(=O)c1cc(-c3ccco3)nc3ccccc13)CC2. The van der Waals surface area contributed by atoms with Crippen LogP contribution in [-0.2, 0) is 12.0 Å². The highest BCUT2D eigenvalue weighted by Crippen LogP contribution is 2.42. The minimum Gasteiger partial charge on any atom is -0.493 e. The summed E-state index contributed by atoms with van der Waals surface area (Å²) < 4.78 is 16.6. The summed E-state index contributed by atoms with van der Waals surface area (Å²) in [5.41, 5.74) is 3.70. The lowest BCUT2D eigenvalue weighted by Crippen LogP contribution is -2.50. The van der Waals surface area contributed by atoms with Gasteiger partial charge in [0.2, 0.25) is 0 Å². The van der Waals surface area contributed by atoms with Gasteiger partial charge in [-0.3, -0.25) is 4.79 Å². The van der Waals surface area contributed by atoms with Crippen LogP contribution in [0, 0.1) is 0 Å². The maximum absolute atomic E-state index is 14.1. The highest BCUT2D eigenvalue weighted by molar-refractivity contribution is 6.07. The van der Waals surface area contributed by atoms with E-state index in [4.69, 9.17) is 18.9 Å². The van der Waals surface area contributed by atoms with Gasteiger partial charge in [0.15, 0.2) is 17.3 Å². The second-order valence-corrected chi connectivity index (χ2v) is 8.68. The third-order valence-electron chi connectivity index (χ3n) is 6.51. The fourth-order valence-electron chi connectivity index (χ4n) is 4.76. The summed E-state index contributed by atoms with van der Waals surface area (Å²) >= 11 is 0. The number of carbonyl (C=O) groups excluding carboxylic acids is 1. The van der Waals surface area contributed by atoms with Crippen molar-refractivity contribution < 1.29 is 18.7 Å². The number of pyridine rings is 1. The molecule has 168 valence electrons. The van der Waals surface area contributed by atoms with Gasteiger partial charge in [-0.2, -0.15) is 0 Å². The molecule has 1 aliphatic heterocycles. The number of ether oxygens (including phenoxy) is 2. The van der Waals surface area contributed by atoms with Crippen molar-refractivity contribution in [2.45, 2.75) is 25.8 Å². The summed E-state index contributed by atoms with van der Waals surface area (Å²) in [5, 5.41) is 0.826. The Bertz CT molecular complexity index is 1340. The Hall–Kier alpha value is -3.80. The van der Waals surface area contributed by atoms with Crippen LogP contribution in [0.5, 0.6) is 11.5 Å². The van der Waals surface area contributed by atoms with E-state index in [-0.39, 0.29) is 5.91 Å². The Morgan fingerprint density at radius 1 is 1.03 bits per heavy atom. The number of hydrogen-bond acceptors (Lipinski definition) is 5. The second-order valence-electron chi connectivity index (χ2n) is 8.68. The van der Waals surface area contributed by atoms with Gasteiger partial charge in [-0.15, -0.1) is 0 Å². The van der Waals surface area contributed by atoms with Crippen LogP contribution < -0.4 is 9.47 Å². The van der Waals surface area contributed by atoms with Crippen LogP contribution >= 0.6 is 0 Å². The highest BCUT2D eigenvalue weighted by atomic mass is 16.5. The second kappa shape index (κ2) is 7.96. The lowest BCUT2D eigenvalue weighted by atomic mass is 9.82. The van der Waals surface area contributed by atoms with Gasteiger partial charge in [-0.1, -0.05) is 18.2 Å². The average molecular weight is 443 g/mol. The monoisotopic (exact) mass is 442 g/mol. The van der Waals surface area contributed by atoms with Crippen LogP contribution in [0.3, 0.4) is 0 Å². The standard InChI is InChI=1S/C27H26N2O4/c1-27(2)20-16-25(32-4)24(31-3)14-17(20)11-12-29(27)26(30)19-15-22(23-10-7-13-33-23)28-21-9-6-5-8-18(19)21/h5-10,13-16H,11-12H2,1-4H3. The van der Waals surface area contributed by atoms with Crippen molar-refractivity contribution in [2.75, 3.05) is 20.8 Å². The Morgan fingerprint density at radius 2 is 1.79 bits per heavy atom. The number of hydrogen-bond donors (Lipinski definition) is 0. The zero-order valence-electron chi connectivity index (χ0n) is 19.2. The smallest absolute Gasteiger partial charge is 0.255 e. The van der Waals surface area contributed by atoms with Gasteiger partial charge in [0, 0.05) is 11.9 Å². The lowest BCUT2D eigenvalue weighted by molar-refractivity contribution is 0.0514. The molecule has 0 atom stereocenters. The van der Waals surface area contributed by atoms with Crippen molar-refractivity contribution in [3.05, 3.63) is 77.6 Å². The molecule has 3 heterocycles. The van der Waals surface area contributed by atoms with E-state index >= 15 is 0 Å². The summed E-state index contributed by atoms with van der Waals surface area (Å²) in [5.74, 6) is 1.96. The normalized spacial score (nSPS) is 14.7. The minimum absolute atomic E-state index is 0.0353. The van der Waals surface area contributed by atoms with Crippen LogP contribution in [0.4, 0.5) is 0 Å². The molecule has 0 spiro atoms. The number of benzene rings is 2. The van der Waals surface area contributed by atoms with Gasteiger partial charge in [-0.05, 0) is 67.8 Å². The van der Waals surface area contributed by atoms with Gasteiger partial charge in [0.05, 0.1) is 37.1 Å². The Morgan fingerprint density at radius 3 is 2.52 bits per heavy atom. The summed E-state index contributed by atoms with van der Waals surface area (Å²) in [4.78, 5) is 20.7. The summed E-state index contributed by atoms with van der Waals surface area (Å²) in [6.07, 6.45) is 2.35. The Balaban J connectivity index is 1.62. The minimum atomic E-state index is -0.542. The first-order valence-corrected chi connectivity index (χ1v) is 10.9. The van der Waals surface area contributed by atoms with Gasteiger partial charge in [0.25, 0.3) is 5.91 Å². The molecule has 2 aromatic heterocycles. The molecule has 1 amide bonds. The Kier molecular flexibility index (Phi) is 5.08. The summed E-state index contributed by atoms with van der Waals surface area (Å²) in [6, 6.07) is 17.3. The molecule has 0 unspecified atom stereocenters. The van der Waals surface area contributed by atoms with Crippen molar-refractivity contribution in [1.82, 2.24) is 9.88 Å². The molecule has 33 heavy (non-hydrogen) atoms. The maximum Gasteiger partial charge on any atom is 0.255 e. The number of nitrogens with zero attached hydrogens (tertiary/aromatic N) is 2. The number of methoxy groups -OCH3 is 2. The van der Waals surface area contributed by atoms with Crippen molar-refractivity contribution in [1.29, 1.82) is 0 Å². The fraction of sp³-hybridized carbons (Fsp3) is 0.259. The van der Waals surface area contributed by atoms with Crippen molar-refractivity contribution in [3.8, 4) is 23.0 Å². The molecule has 0 saturated carbocycles. The number of carbonyl (C=O) groups is 1. The van der Waals surface area contributed by atoms with E-state index in [9.17, 15) is 4.79 Å². The third kappa shape index (κ3) is 3.42. The van der Waals surface area contributed by atoms with E-state index in [0.717, 1.165) is 28.5 Å². The zero-order valence-corrected chi connectivity index (χ0v) is 19.2. The lowest BCUT2D eigenvalue weighted by Gasteiger charge is -2.44. The van der Waals surface area contributed by atoms with E-state index in [2.05, 4.69) is 13.8 Å². The van der Waals surface area contributed by atoms with Crippen molar-refractivity contribution in [3.63, 3.8) is 0 Å².